The lowest BCUT2D eigenvalue weighted by Crippen LogP contribution is -2.10. The van der Waals surface area contributed by atoms with E-state index in [1.807, 2.05) is 18.3 Å². The molecule has 0 unspecified atom stereocenters. The highest BCUT2D eigenvalue weighted by molar-refractivity contribution is 5.86. The van der Waals surface area contributed by atoms with Crippen molar-refractivity contribution in [2.24, 2.45) is 0 Å². The third kappa shape index (κ3) is 1.57. The summed E-state index contributed by atoms with van der Waals surface area (Å²) in [4.78, 5) is 3.18. The van der Waals surface area contributed by atoms with Gasteiger partial charge in [0.15, 0.2) is 0 Å². The fourth-order valence-electron chi connectivity index (χ4n) is 2.16. The highest BCUT2D eigenvalue weighted by Crippen LogP contribution is 2.39. The molecule has 16 heavy (non-hydrogen) atoms. The van der Waals surface area contributed by atoms with E-state index < -0.39 is 5.60 Å². The summed E-state index contributed by atoms with van der Waals surface area (Å²) in [6.45, 7) is 0. The van der Waals surface area contributed by atoms with Crippen LogP contribution in [0, 0.1) is 0 Å². The molecule has 0 saturated heterocycles. The van der Waals surface area contributed by atoms with Gasteiger partial charge in [-0.25, -0.2) is 0 Å². The Morgan fingerprint density at radius 1 is 1.44 bits per heavy atom. The van der Waals surface area contributed by atoms with Gasteiger partial charge in [-0.15, -0.1) is 0 Å². The van der Waals surface area contributed by atoms with Gasteiger partial charge in [0.2, 0.25) is 0 Å². The number of hydrogen-bond acceptors (Lipinski definition) is 2. The van der Waals surface area contributed by atoms with Gasteiger partial charge in [-0.2, -0.15) is 0 Å². The molecule has 1 aliphatic rings. The Bertz CT molecular complexity index is 526. The summed E-state index contributed by atoms with van der Waals surface area (Å²) >= 11 is 0. The first-order chi connectivity index (χ1) is 7.70. The molecule has 0 radical (unpaired) electrons. The molecular formula is C13H15NO2. The van der Waals surface area contributed by atoms with Crippen molar-refractivity contribution in [3.05, 3.63) is 30.0 Å². The minimum atomic E-state index is -0.453. The lowest BCUT2D eigenvalue weighted by Gasteiger charge is -2.10. The van der Waals surface area contributed by atoms with Crippen molar-refractivity contribution >= 4 is 10.9 Å². The zero-order chi connectivity index (χ0) is 11.2. The molecule has 0 atom stereocenters. The fraction of sp³-hybridized carbons (Fsp3) is 0.385. The minimum Gasteiger partial charge on any atom is -0.496 e. The number of ether oxygens (including phenoxy) is 1. The zero-order valence-electron chi connectivity index (χ0n) is 9.29. The van der Waals surface area contributed by atoms with Gasteiger partial charge in [0.05, 0.1) is 12.7 Å². The van der Waals surface area contributed by atoms with Crippen molar-refractivity contribution in [2.75, 3.05) is 7.11 Å². The van der Waals surface area contributed by atoms with Crippen LogP contribution in [0.15, 0.2) is 24.4 Å². The maximum absolute atomic E-state index is 9.92. The molecule has 1 heterocycles. The first kappa shape index (κ1) is 9.73. The number of aromatic nitrogens is 1. The highest BCUT2D eigenvalue weighted by Gasteiger charge is 2.40. The first-order valence-corrected chi connectivity index (χ1v) is 5.57. The molecule has 3 nitrogen and oxygen atoms in total. The Morgan fingerprint density at radius 3 is 2.94 bits per heavy atom. The Morgan fingerprint density at radius 2 is 2.25 bits per heavy atom. The predicted octanol–water partition coefficient (Wildman–Crippen LogP) is 2.24. The molecule has 1 saturated carbocycles. The molecule has 2 aromatic rings. The van der Waals surface area contributed by atoms with E-state index in [0.717, 1.165) is 41.5 Å². The van der Waals surface area contributed by atoms with E-state index >= 15 is 0 Å². The van der Waals surface area contributed by atoms with E-state index in [1.54, 1.807) is 7.11 Å². The maximum Gasteiger partial charge on any atom is 0.128 e. The van der Waals surface area contributed by atoms with E-state index in [-0.39, 0.29) is 0 Å². The Balaban J connectivity index is 2.04. The molecule has 3 rings (SSSR count). The topological polar surface area (TPSA) is 45.2 Å². The van der Waals surface area contributed by atoms with Crippen molar-refractivity contribution in [2.45, 2.75) is 24.9 Å². The molecule has 84 valence electrons. The zero-order valence-corrected chi connectivity index (χ0v) is 9.29. The van der Waals surface area contributed by atoms with Gasteiger partial charge in [-0.1, -0.05) is 0 Å². The van der Waals surface area contributed by atoms with E-state index in [1.165, 1.54) is 0 Å². The van der Waals surface area contributed by atoms with Gasteiger partial charge >= 0.3 is 0 Å². The maximum atomic E-state index is 9.92. The van der Waals surface area contributed by atoms with E-state index in [9.17, 15) is 5.11 Å². The van der Waals surface area contributed by atoms with Gasteiger partial charge < -0.3 is 14.8 Å². The summed E-state index contributed by atoms with van der Waals surface area (Å²) in [5.74, 6) is 0.873. The number of rotatable bonds is 3. The Kier molecular flexibility index (Phi) is 1.98. The summed E-state index contributed by atoms with van der Waals surface area (Å²) < 4.78 is 5.36. The van der Waals surface area contributed by atoms with Crippen molar-refractivity contribution < 1.29 is 9.84 Å². The third-order valence-corrected chi connectivity index (χ3v) is 3.27. The van der Waals surface area contributed by atoms with Crippen LogP contribution in [0.2, 0.25) is 0 Å². The van der Waals surface area contributed by atoms with Crippen LogP contribution in [0.4, 0.5) is 0 Å². The molecule has 0 aliphatic heterocycles. The van der Waals surface area contributed by atoms with E-state index in [4.69, 9.17) is 4.74 Å². The molecule has 0 bridgehead atoms. The van der Waals surface area contributed by atoms with Gasteiger partial charge in [0.1, 0.15) is 5.75 Å². The Labute approximate surface area is 94.0 Å². The summed E-state index contributed by atoms with van der Waals surface area (Å²) in [6, 6.07) is 6.12. The second kappa shape index (κ2) is 3.25. The van der Waals surface area contributed by atoms with Gasteiger partial charge in [0.25, 0.3) is 0 Å². The largest absolute Gasteiger partial charge is 0.496 e. The van der Waals surface area contributed by atoms with Crippen LogP contribution in [0.5, 0.6) is 5.75 Å². The van der Waals surface area contributed by atoms with Gasteiger partial charge in [-0.3, -0.25) is 0 Å². The van der Waals surface area contributed by atoms with Gasteiger partial charge in [0, 0.05) is 23.5 Å². The first-order valence-electron chi connectivity index (χ1n) is 5.57. The standard InChI is InChI=1S/C13H15NO2/c1-16-12-7-9(8-13(15)3-4-13)6-11-10(12)2-5-14-11/h2,5-7,14-15H,3-4,8H2,1H3. The molecule has 0 spiro atoms. The van der Waals surface area contributed by atoms with Crippen molar-refractivity contribution in [3.63, 3.8) is 0 Å². The van der Waals surface area contributed by atoms with Crippen LogP contribution >= 0.6 is 0 Å². The third-order valence-electron chi connectivity index (χ3n) is 3.27. The molecule has 1 aromatic carbocycles. The molecule has 1 aliphatic carbocycles. The van der Waals surface area contributed by atoms with Crippen LogP contribution in [-0.2, 0) is 6.42 Å². The molecular weight excluding hydrogens is 202 g/mol. The number of fused-ring (bicyclic) bond motifs is 1. The van der Waals surface area contributed by atoms with Crippen molar-refractivity contribution in [1.29, 1.82) is 0 Å². The number of aliphatic hydroxyl groups is 1. The van der Waals surface area contributed by atoms with Crippen molar-refractivity contribution in [3.8, 4) is 5.75 Å². The van der Waals surface area contributed by atoms with Crippen LogP contribution in [-0.4, -0.2) is 22.8 Å². The summed E-state index contributed by atoms with van der Waals surface area (Å²) in [7, 11) is 1.68. The second-order valence-corrected chi connectivity index (χ2v) is 4.64. The summed E-state index contributed by atoms with van der Waals surface area (Å²) in [6.07, 6.45) is 4.46. The van der Waals surface area contributed by atoms with Crippen LogP contribution in [0.25, 0.3) is 10.9 Å². The number of hydrogen-bond donors (Lipinski definition) is 2. The minimum absolute atomic E-state index is 0.453. The molecule has 0 amide bonds. The van der Waals surface area contributed by atoms with Crippen LogP contribution in [0.3, 0.4) is 0 Å². The van der Waals surface area contributed by atoms with E-state index in [0.29, 0.717) is 0 Å². The smallest absolute Gasteiger partial charge is 0.128 e. The lowest BCUT2D eigenvalue weighted by atomic mass is 10.0. The normalized spacial score (nSPS) is 17.6. The lowest BCUT2D eigenvalue weighted by molar-refractivity contribution is 0.151. The monoisotopic (exact) mass is 217 g/mol. The number of H-pyrrole nitrogens is 1. The average molecular weight is 217 g/mol. The average Bonchev–Trinajstić information content (AvgIpc) is 2.80. The quantitative estimate of drug-likeness (QED) is 0.828. The fourth-order valence-corrected chi connectivity index (χ4v) is 2.16. The molecule has 3 heteroatoms. The van der Waals surface area contributed by atoms with E-state index in [2.05, 4.69) is 11.1 Å². The Hall–Kier alpha value is -1.48. The predicted molar refractivity (Wildman–Crippen MR) is 62.7 cm³/mol. The van der Waals surface area contributed by atoms with Crippen LogP contribution < -0.4 is 4.74 Å². The molecule has 2 N–H and O–H groups in total. The molecule has 1 aromatic heterocycles. The van der Waals surface area contributed by atoms with Crippen molar-refractivity contribution in [1.82, 2.24) is 4.98 Å². The van der Waals surface area contributed by atoms with Crippen LogP contribution in [0.1, 0.15) is 18.4 Å². The number of benzene rings is 1. The SMILES string of the molecule is COc1cc(CC2(O)CC2)cc2[nH]ccc12. The summed E-state index contributed by atoms with van der Waals surface area (Å²) in [5, 5.41) is 11.0. The molecule has 1 fully saturated rings. The number of aromatic amines is 1. The second-order valence-electron chi connectivity index (χ2n) is 4.64. The number of nitrogens with one attached hydrogen (secondary N) is 1. The number of methoxy groups -OCH3 is 1. The summed E-state index contributed by atoms with van der Waals surface area (Å²) in [5.41, 5.74) is 1.75. The van der Waals surface area contributed by atoms with Gasteiger partial charge in [-0.05, 0) is 36.6 Å². The highest BCUT2D eigenvalue weighted by atomic mass is 16.5.